The molecular weight excluding hydrogens is 396 g/mol. The Labute approximate surface area is 173 Å². The summed E-state index contributed by atoms with van der Waals surface area (Å²) in [6, 6.07) is 7.29. The molecule has 0 bridgehead atoms. The zero-order chi connectivity index (χ0) is 21.0. The largest absolute Gasteiger partial charge is 0.487 e. The summed E-state index contributed by atoms with van der Waals surface area (Å²) in [5, 5.41) is 0.592. The number of halogens is 1. The lowest BCUT2D eigenvalue weighted by Crippen LogP contribution is -2.42. The number of carbonyl (C=O) groups excluding carboxylic acids is 2. The molecule has 0 atom stereocenters. The number of aromatic nitrogens is 1. The highest BCUT2D eigenvalue weighted by molar-refractivity contribution is 6.30. The number of esters is 1. The van der Waals surface area contributed by atoms with Crippen LogP contribution in [0.2, 0.25) is 5.02 Å². The minimum atomic E-state index is -0.751. The van der Waals surface area contributed by atoms with Gasteiger partial charge in [-0.1, -0.05) is 37.1 Å². The van der Waals surface area contributed by atoms with Gasteiger partial charge in [0.2, 0.25) is 5.43 Å². The van der Waals surface area contributed by atoms with Crippen molar-refractivity contribution in [2.24, 2.45) is 0 Å². The monoisotopic (exact) mass is 418 g/mol. The highest BCUT2D eigenvalue weighted by atomic mass is 35.5. The molecule has 8 heteroatoms. The van der Waals surface area contributed by atoms with Gasteiger partial charge in [0.15, 0.2) is 11.4 Å². The molecule has 2 aromatic rings. The van der Waals surface area contributed by atoms with Crippen LogP contribution in [0.25, 0.3) is 0 Å². The summed E-state index contributed by atoms with van der Waals surface area (Å²) in [6.45, 7) is 3.49. The summed E-state index contributed by atoms with van der Waals surface area (Å²) in [4.78, 5) is 39.7. The molecule has 3 rings (SSSR count). The summed E-state index contributed by atoms with van der Waals surface area (Å²) in [5.74, 6) is -1.17. The number of amides is 1. The molecule has 0 saturated heterocycles. The first-order valence-corrected chi connectivity index (χ1v) is 9.86. The van der Waals surface area contributed by atoms with Gasteiger partial charge in [-0.2, -0.15) is 0 Å². The van der Waals surface area contributed by atoms with Crippen molar-refractivity contribution in [3.8, 4) is 5.75 Å². The normalized spacial score (nSPS) is 13.2. The van der Waals surface area contributed by atoms with Gasteiger partial charge >= 0.3 is 5.97 Å². The minimum absolute atomic E-state index is 0.0952. The zero-order valence-corrected chi connectivity index (χ0v) is 17.2. The predicted molar refractivity (Wildman–Crippen MR) is 109 cm³/mol. The molecule has 2 heterocycles. The Hall–Kier alpha value is -2.80. The van der Waals surface area contributed by atoms with Crippen molar-refractivity contribution in [3.05, 3.63) is 62.5 Å². The van der Waals surface area contributed by atoms with E-state index in [4.69, 9.17) is 21.1 Å². The molecule has 0 unspecified atom stereocenters. The van der Waals surface area contributed by atoms with Crippen LogP contribution < -0.4 is 10.2 Å². The number of pyridine rings is 1. The topological polar surface area (TPSA) is 77.8 Å². The van der Waals surface area contributed by atoms with Crippen LogP contribution in [-0.2, 0) is 17.8 Å². The maximum absolute atomic E-state index is 13.2. The van der Waals surface area contributed by atoms with Gasteiger partial charge in [-0.3, -0.25) is 9.59 Å². The van der Waals surface area contributed by atoms with E-state index in [1.54, 1.807) is 21.6 Å². The van der Waals surface area contributed by atoms with E-state index in [-0.39, 0.29) is 29.5 Å². The molecule has 1 aliphatic heterocycles. The number of unbranched alkanes of at least 4 members (excludes halogenated alkanes) is 1. The summed E-state index contributed by atoms with van der Waals surface area (Å²) in [7, 11) is 1.21. The first-order valence-electron chi connectivity index (χ1n) is 9.48. The average Bonchev–Trinajstić information content (AvgIpc) is 2.71. The quantitative estimate of drug-likeness (QED) is 0.510. The SMILES string of the molecule is CCCCOc1c2n(cc(C(=O)OC)c1=O)CCN(Cc1cccc(Cl)c1)C2=O. The number of rotatable bonds is 7. The maximum Gasteiger partial charge on any atom is 0.343 e. The highest BCUT2D eigenvalue weighted by Crippen LogP contribution is 2.24. The number of carbonyl (C=O) groups is 2. The second-order valence-electron chi connectivity index (χ2n) is 6.79. The smallest absolute Gasteiger partial charge is 0.343 e. The molecule has 1 amide bonds. The number of benzene rings is 1. The Kier molecular flexibility index (Phi) is 6.59. The lowest BCUT2D eigenvalue weighted by Gasteiger charge is -2.31. The highest BCUT2D eigenvalue weighted by Gasteiger charge is 2.32. The number of methoxy groups -OCH3 is 1. The van der Waals surface area contributed by atoms with Gasteiger partial charge in [-0.25, -0.2) is 4.79 Å². The second kappa shape index (κ2) is 9.13. The molecule has 0 fully saturated rings. The fourth-order valence-corrected chi connectivity index (χ4v) is 3.44. The van der Waals surface area contributed by atoms with E-state index >= 15 is 0 Å². The number of fused-ring (bicyclic) bond motifs is 1. The molecule has 0 aliphatic carbocycles. The van der Waals surface area contributed by atoms with Crippen molar-refractivity contribution in [2.45, 2.75) is 32.9 Å². The van der Waals surface area contributed by atoms with Crippen molar-refractivity contribution in [2.75, 3.05) is 20.3 Å². The van der Waals surface area contributed by atoms with Crippen molar-refractivity contribution < 1.29 is 19.1 Å². The zero-order valence-electron chi connectivity index (χ0n) is 16.4. The van der Waals surface area contributed by atoms with E-state index in [0.29, 0.717) is 24.7 Å². The molecule has 29 heavy (non-hydrogen) atoms. The Morgan fingerprint density at radius 1 is 1.24 bits per heavy atom. The van der Waals surface area contributed by atoms with Gasteiger partial charge in [-0.15, -0.1) is 0 Å². The molecule has 0 N–H and O–H groups in total. The summed E-state index contributed by atoms with van der Waals surface area (Å²) >= 11 is 6.05. The molecule has 7 nitrogen and oxygen atoms in total. The predicted octanol–water partition coefficient (Wildman–Crippen LogP) is 3.12. The Bertz CT molecular complexity index is 986. The Morgan fingerprint density at radius 3 is 2.72 bits per heavy atom. The first-order chi connectivity index (χ1) is 14.0. The summed E-state index contributed by atoms with van der Waals surface area (Å²) in [5.41, 5.74) is 0.282. The second-order valence-corrected chi connectivity index (χ2v) is 7.23. The van der Waals surface area contributed by atoms with Crippen LogP contribution in [0.4, 0.5) is 0 Å². The molecule has 1 aliphatic rings. The molecule has 0 radical (unpaired) electrons. The van der Waals surface area contributed by atoms with Crippen LogP contribution in [0.5, 0.6) is 5.75 Å². The lowest BCUT2D eigenvalue weighted by molar-refractivity contribution is 0.0590. The minimum Gasteiger partial charge on any atom is -0.487 e. The van der Waals surface area contributed by atoms with E-state index in [1.807, 2.05) is 19.1 Å². The maximum atomic E-state index is 13.2. The Balaban J connectivity index is 2.00. The van der Waals surface area contributed by atoms with Gasteiger partial charge in [-0.05, 0) is 24.1 Å². The summed E-state index contributed by atoms with van der Waals surface area (Å²) in [6.07, 6.45) is 2.97. The van der Waals surface area contributed by atoms with Crippen LogP contribution in [0.15, 0.2) is 35.3 Å². The van der Waals surface area contributed by atoms with E-state index in [1.165, 1.54) is 13.3 Å². The molecular formula is C21H23ClN2O5. The van der Waals surface area contributed by atoms with Crippen molar-refractivity contribution >= 4 is 23.5 Å². The van der Waals surface area contributed by atoms with Crippen molar-refractivity contribution in [3.63, 3.8) is 0 Å². The van der Waals surface area contributed by atoms with Gasteiger partial charge in [0.1, 0.15) is 5.56 Å². The van der Waals surface area contributed by atoms with Gasteiger partial charge in [0, 0.05) is 30.9 Å². The molecule has 0 spiro atoms. The third kappa shape index (κ3) is 4.45. The Morgan fingerprint density at radius 2 is 2.03 bits per heavy atom. The molecule has 1 aromatic heterocycles. The third-order valence-electron chi connectivity index (χ3n) is 4.75. The van der Waals surface area contributed by atoms with Gasteiger partial charge in [0.25, 0.3) is 5.91 Å². The number of nitrogens with zero attached hydrogens (tertiary/aromatic N) is 2. The lowest BCUT2D eigenvalue weighted by atomic mass is 10.1. The first kappa shape index (κ1) is 20.9. The van der Waals surface area contributed by atoms with E-state index in [9.17, 15) is 14.4 Å². The van der Waals surface area contributed by atoms with Crippen LogP contribution >= 0.6 is 11.6 Å². The van der Waals surface area contributed by atoms with Gasteiger partial charge < -0.3 is 18.9 Å². The van der Waals surface area contributed by atoms with Crippen molar-refractivity contribution in [1.82, 2.24) is 9.47 Å². The van der Waals surface area contributed by atoms with Crippen LogP contribution in [0.1, 0.15) is 46.2 Å². The fraction of sp³-hybridized carbons (Fsp3) is 0.381. The van der Waals surface area contributed by atoms with E-state index in [2.05, 4.69) is 0 Å². The van der Waals surface area contributed by atoms with Crippen LogP contribution in [0, 0.1) is 0 Å². The molecule has 154 valence electrons. The molecule has 1 aromatic carbocycles. The number of hydrogen-bond donors (Lipinski definition) is 0. The third-order valence-corrected chi connectivity index (χ3v) is 4.99. The van der Waals surface area contributed by atoms with Gasteiger partial charge in [0.05, 0.1) is 13.7 Å². The van der Waals surface area contributed by atoms with E-state index < -0.39 is 11.4 Å². The van der Waals surface area contributed by atoms with Crippen LogP contribution in [0.3, 0.4) is 0 Å². The summed E-state index contributed by atoms with van der Waals surface area (Å²) < 4.78 is 12.0. The fourth-order valence-electron chi connectivity index (χ4n) is 3.23. The van der Waals surface area contributed by atoms with E-state index in [0.717, 1.165) is 18.4 Å². The average molecular weight is 419 g/mol. The molecule has 0 saturated carbocycles. The van der Waals surface area contributed by atoms with Crippen molar-refractivity contribution in [1.29, 1.82) is 0 Å². The number of hydrogen-bond acceptors (Lipinski definition) is 5. The van der Waals surface area contributed by atoms with Crippen LogP contribution in [-0.4, -0.2) is 41.6 Å². The standard InChI is InChI=1S/C21H23ClN2O5/c1-3-4-10-29-19-17-20(26)24(12-14-6-5-7-15(22)11-14)9-8-23(17)13-16(18(19)25)21(27)28-2/h5-7,11,13H,3-4,8-10,12H2,1-2H3. The number of ether oxygens (including phenoxy) is 2.